The third-order valence-electron chi connectivity index (χ3n) is 5.32. The largest absolute Gasteiger partial charge is 0.342 e. The second kappa shape index (κ2) is 8.25. The topological polar surface area (TPSA) is 51.0 Å². The first kappa shape index (κ1) is 19.0. The summed E-state index contributed by atoms with van der Waals surface area (Å²) in [5.74, 6) is 1.02. The van der Waals surface area contributed by atoms with Crippen LogP contribution >= 0.6 is 11.8 Å². The maximum atomic E-state index is 12.8. The van der Waals surface area contributed by atoms with Crippen LogP contribution < -0.4 is 0 Å². The SMILES string of the molecule is Cc1ccccc1-c1nnc(SC(C)C(=O)N(C)C2CCCCC2)n1C. The molecule has 1 heterocycles. The van der Waals surface area contributed by atoms with Crippen LogP contribution in [-0.2, 0) is 11.8 Å². The number of benzene rings is 1. The van der Waals surface area contributed by atoms with Crippen molar-refractivity contribution in [3.05, 3.63) is 29.8 Å². The molecule has 1 fully saturated rings. The smallest absolute Gasteiger partial charge is 0.235 e. The Morgan fingerprint density at radius 1 is 1.23 bits per heavy atom. The minimum Gasteiger partial charge on any atom is -0.342 e. The van der Waals surface area contributed by atoms with Crippen molar-refractivity contribution in [2.45, 2.75) is 62.4 Å². The molecular weight excluding hydrogens is 344 g/mol. The normalized spacial score (nSPS) is 16.5. The van der Waals surface area contributed by atoms with Gasteiger partial charge in [0.15, 0.2) is 11.0 Å². The van der Waals surface area contributed by atoms with Gasteiger partial charge >= 0.3 is 0 Å². The molecule has 0 N–H and O–H groups in total. The minimum atomic E-state index is -0.172. The van der Waals surface area contributed by atoms with Crippen LogP contribution in [0.1, 0.15) is 44.6 Å². The molecule has 1 amide bonds. The number of amides is 1. The Bertz CT molecular complexity index is 767. The summed E-state index contributed by atoms with van der Waals surface area (Å²) in [5, 5.41) is 9.30. The van der Waals surface area contributed by atoms with E-state index in [9.17, 15) is 4.79 Å². The van der Waals surface area contributed by atoms with E-state index in [1.54, 1.807) is 0 Å². The van der Waals surface area contributed by atoms with Gasteiger partial charge in [-0.3, -0.25) is 4.79 Å². The fraction of sp³-hybridized carbons (Fsp3) is 0.550. The molecule has 0 radical (unpaired) electrons. The summed E-state index contributed by atoms with van der Waals surface area (Å²) >= 11 is 1.49. The van der Waals surface area contributed by atoms with E-state index in [1.165, 1.54) is 36.6 Å². The van der Waals surface area contributed by atoms with Gasteiger partial charge < -0.3 is 9.47 Å². The molecule has 26 heavy (non-hydrogen) atoms. The molecule has 1 aromatic carbocycles. The molecule has 5 nitrogen and oxygen atoms in total. The molecule has 0 spiro atoms. The van der Waals surface area contributed by atoms with Crippen LogP contribution in [0.15, 0.2) is 29.4 Å². The highest BCUT2D eigenvalue weighted by Crippen LogP contribution is 2.29. The Balaban J connectivity index is 1.71. The molecule has 140 valence electrons. The van der Waals surface area contributed by atoms with Crippen LogP contribution in [0, 0.1) is 6.92 Å². The lowest BCUT2D eigenvalue weighted by molar-refractivity contribution is -0.131. The third kappa shape index (κ3) is 3.95. The van der Waals surface area contributed by atoms with E-state index in [0.717, 1.165) is 29.4 Å². The summed E-state index contributed by atoms with van der Waals surface area (Å²) < 4.78 is 1.98. The van der Waals surface area contributed by atoms with Crippen LogP contribution in [0.25, 0.3) is 11.4 Å². The van der Waals surface area contributed by atoms with Gasteiger partial charge in [-0.1, -0.05) is 55.3 Å². The van der Waals surface area contributed by atoms with E-state index in [2.05, 4.69) is 29.3 Å². The quantitative estimate of drug-likeness (QED) is 0.743. The van der Waals surface area contributed by atoms with Crippen LogP contribution in [0.3, 0.4) is 0 Å². The number of aromatic nitrogens is 3. The Morgan fingerprint density at radius 3 is 2.62 bits per heavy atom. The van der Waals surface area contributed by atoms with Gasteiger partial charge in [-0.15, -0.1) is 10.2 Å². The molecule has 1 aromatic heterocycles. The van der Waals surface area contributed by atoms with Crippen molar-refractivity contribution in [1.29, 1.82) is 0 Å². The molecule has 2 aromatic rings. The first-order valence-corrected chi connectivity index (χ1v) is 10.3. The predicted octanol–water partition coefficient (Wildman–Crippen LogP) is 4.06. The molecule has 1 saturated carbocycles. The lowest BCUT2D eigenvalue weighted by Gasteiger charge is -2.32. The van der Waals surface area contributed by atoms with Crippen molar-refractivity contribution in [2.24, 2.45) is 7.05 Å². The summed E-state index contributed by atoms with van der Waals surface area (Å²) in [6.07, 6.45) is 6.01. The van der Waals surface area contributed by atoms with Crippen LogP contribution in [0.5, 0.6) is 0 Å². The van der Waals surface area contributed by atoms with Gasteiger partial charge in [-0.05, 0) is 32.3 Å². The first-order chi connectivity index (χ1) is 12.5. The Morgan fingerprint density at radius 2 is 1.92 bits per heavy atom. The Labute approximate surface area is 160 Å². The fourth-order valence-electron chi connectivity index (χ4n) is 3.62. The standard InChI is InChI=1S/C20H28N4OS/c1-14-10-8-9-13-17(14)18-21-22-20(24(18)4)26-15(2)19(25)23(3)16-11-6-5-7-12-16/h8-10,13,15-16H,5-7,11-12H2,1-4H3. The summed E-state index contributed by atoms with van der Waals surface area (Å²) in [6.45, 7) is 4.04. The Hall–Kier alpha value is -1.82. The van der Waals surface area contributed by atoms with E-state index in [1.807, 2.05) is 42.6 Å². The summed E-state index contributed by atoms with van der Waals surface area (Å²) in [5.41, 5.74) is 2.24. The van der Waals surface area contributed by atoms with Crippen molar-refractivity contribution >= 4 is 17.7 Å². The van der Waals surface area contributed by atoms with Gasteiger partial charge in [0.05, 0.1) is 5.25 Å². The highest BCUT2D eigenvalue weighted by atomic mass is 32.2. The zero-order valence-corrected chi connectivity index (χ0v) is 16.9. The molecular formula is C20H28N4OS. The van der Waals surface area contributed by atoms with E-state index in [0.29, 0.717) is 6.04 Å². The maximum Gasteiger partial charge on any atom is 0.235 e. The lowest BCUT2D eigenvalue weighted by Crippen LogP contribution is -2.42. The van der Waals surface area contributed by atoms with E-state index in [4.69, 9.17) is 0 Å². The van der Waals surface area contributed by atoms with Gasteiger partial charge in [0.25, 0.3) is 0 Å². The maximum absolute atomic E-state index is 12.8. The first-order valence-electron chi connectivity index (χ1n) is 9.37. The van der Waals surface area contributed by atoms with Crippen molar-refractivity contribution in [3.63, 3.8) is 0 Å². The van der Waals surface area contributed by atoms with E-state index >= 15 is 0 Å². The van der Waals surface area contributed by atoms with Crippen molar-refractivity contribution in [3.8, 4) is 11.4 Å². The lowest BCUT2D eigenvalue weighted by atomic mass is 9.94. The second-order valence-electron chi connectivity index (χ2n) is 7.18. The van der Waals surface area contributed by atoms with Crippen molar-refractivity contribution in [2.75, 3.05) is 7.05 Å². The molecule has 1 aliphatic carbocycles. The molecule has 1 unspecified atom stereocenters. The summed E-state index contributed by atoms with van der Waals surface area (Å²) in [7, 11) is 3.91. The van der Waals surface area contributed by atoms with Gasteiger partial charge in [0.2, 0.25) is 5.91 Å². The minimum absolute atomic E-state index is 0.172. The number of hydrogen-bond acceptors (Lipinski definition) is 4. The molecule has 1 atom stereocenters. The molecule has 6 heteroatoms. The van der Waals surface area contributed by atoms with Gasteiger partial charge in [0, 0.05) is 25.7 Å². The summed E-state index contributed by atoms with van der Waals surface area (Å²) in [4.78, 5) is 14.8. The zero-order valence-electron chi connectivity index (χ0n) is 16.1. The monoisotopic (exact) mass is 372 g/mol. The number of aryl methyl sites for hydroxylation is 1. The van der Waals surface area contributed by atoms with Crippen LogP contribution in [0.2, 0.25) is 0 Å². The van der Waals surface area contributed by atoms with Crippen LogP contribution in [0.4, 0.5) is 0 Å². The number of carbonyl (C=O) groups excluding carboxylic acids is 1. The molecule has 1 aliphatic rings. The molecule has 0 bridgehead atoms. The van der Waals surface area contributed by atoms with Gasteiger partial charge in [-0.2, -0.15) is 0 Å². The van der Waals surface area contributed by atoms with Gasteiger partial charge in [-0.25, -0.2) is 0 Å². The van der Waals surface area contributed by atoms with E-state index in [-0.39, 0.29) is 11.2 Å². The predicted molar refractivity (Wildman–Crippen MR) is 106 cm³/mol. The third-order valence-corrected chi connectivity index (χ3v) is 6.44. The summed E-state index contributed by atoms with van der Waals surface area (Å²) in [6, 6.07) is 8.55. The average molecular weight is 373 g/mol. The molecule has 0 saturated heterocycles. The van der Waals surface area contributed by atoms with Crippen molar-refractivity contribution in [1.82, 2.24) is 19.7 Å². The zero-order chi connectivity index (χ0) is 18.7. The molecule has 3 rings (SSSR count). The van der Waals surface area contributed by atoms with Crippen molar-refractivity contribution < 1.29 is 4.79 Å². The second-order valence-corrected chi connectivity index (χ2v) is 8.49. The van der Waals surface area contributed by atoms with Gasteiger partial charge in [0.1, 0.15) is 0 Å². The average Bonchev–Trinajstić information content (AvgIpc) is 3.02. The fourth-order valence-corrected chi connectivity index (χ4v) is 4.54. The highest BCUT2D eigenvalue weighted by Gasteiger charge is 2.27. The number of carbonyl (C=O) groups is 1. The van der Waals surface area contributed by atoms with Crippen LogP contribution in [-0.4, -0.2) is 43.9 Å². The van der Waals surface area contributed by atoms with E-state index < -0.39 is 0 Å². The number of rotatable bonds is 5. The Kier molecular flexibility index (Phi) is 6.01. The number of thioether (sulfide) groups is 1. The highest BCUT2D eigenvalue weighted by molar-refractivity contribution is 8.00. The molecule has 0 aliphatic heterocycles. The number of nitrogens with zero attached hydrogens (tertiary/aromatic N) is 4. The number of hydrogen-bond donors (Lipinski definition) is 0.